The molecule has 0 unspecified atom stereocenters. The van der Waals surface area contributed by atoms with E-state index in [0.717, 1.165) is 13.8 Å². The first-order chi connectivity index (χ1) is 63.1. The number of para-hydroxylation sites is 1. The Morgan fingerprint density at radius 2 is 1.02 bits per heavy atom. The van der Waals surface area contributed by atoms with Crippen molar-refractivity contribution in [2.24, 2.45) is 17.2 Å². The fourth-order valence-electron chi connectivity index (χ4n) is 13.9. The number of unbranched alkanes of at least 4 members (excludes halogenated alkanes) is 3. The van der Waals surface area contributed by atoms with Gasteiger partial charge in [0.15, 0.2) is 0 Å². The van der Waals surface area contributed by atoms with Crippen LogP contribution in [0.25, 0.3) is 10.9 Å². The van der Waals surface area contributed by atoms with E-state index in [2.05, 4.69) is 74.1 Å². The van der Waals surface area contributed by atoms with Crippen molar-refractivity contribution >= 4 is 145 Å². The summed E-state index contributed by atoms with van der Waals surface area (Å²) in [5.41, 5.74) is 18.8. The summed E-state index contributed by atoms with van der Waals surface area (Å²) in [5.74, 6) is -23.1. The lowest BCUT2D eigenvalue weighted by atomic mass is 10.0. The predicted octanol–water partition coefficient (Wildman–Crippen LogP) is -9.24. The summed E-state index contributed by atoms with van der Waals surface area (Å²) in [6.07, 6.45) is -2.75. The second-order valence-corrected chi connectivity index (χ2v) is 34.6. The number of carbonyl (C=O) groups is 19. The van der Waals surface area contributed by atoms with Gasteiger partial charge in [-0.05, 0) is 108 Å². The smallest absolute Gasteiger partial charge is 0.322 e. The van der Waals surface area contributed by atoms with Crippen LogP contribution < -0.4 is 91.6 Å². The van der Waals surface area contributed by atoms with Gasteiger partial charge in [-0.15, -0.1) is 0 Å². The van der Waals surface area contributed by atoms with Gasteiger partial charge in [-0.3, -0.25) is 111 Å². The molecule has 133 heavy (non-hydrogen) atoms. The molecule has 0 saturated carbocycles. The number of aromatic hydroxyl groups is 1. The summed E-state index contributed by atoms with van der Waals surface area (Å²) < 4.78 is 0. The van der Waals surface area contributed by atoms with E-state index >= 15 is 19.2 Å². The van der Waals surface area contributed by atoms with Crippen LogP contribution in [-0.4, -0.2) is 385 Å². The Labute approximate surface area is 773 Å². The highest BCUT2D eigenvalue weighted by Gasteiger charge is 2.40. The molecule has 0 bridgehead atoms. The van der Waals surface area contributed by atoms with Crippen LogP contribution in [0.2, 0.25) is 0 Å². The van der Waals surface area contributed by atoms with Gasteiger partial charge < -0.3 is 137 Å². The zero-order valence-corrected chi connectivity index (χ0v) is 76.0. The largest absolute Gasteiger partial charge is 0.508 e. The first-order valence-electron chi connectivity index (χ1n) is 43.3. The number of hydrogen-bond acceptors (Lipinski definition) is 31. The number of rotatable bonds is 46. The number of fused-ring (bicyclic) bond motifs is 1. The van der Waals surface area contributed by atoms with E-state index in [4.69, 9.17) is 22.3 Å². The molecule has 5 rings (SSSR count). The molecule has 2 saturated heterocycles. The number of aliphatic hydroxyl groups is 3. The minimum atomic E-state index is -2.05. The molecule has 0 aliphatic carbocycles. The Morgan fingerprint density at radius 3 is 1.56 bits per heavy atom. The highest BCUT2D eigenvalue weighted by molar-refractivity contribution is 8.76. The standard InChI is InChI=1S/C82H126N22O27S2/c1-5-6-14-53(90-63(110)36-87-71(120)45(2)89-64(111)38-101-24-26-102(39-66(114)115)28-30-104(41-68(118)119)31-29-103(27-25-101)40-67(116)117)73(122)91-54(16-9-11-22-83)74(123)95-58(34-62(85)109)78(127)97-60-43-132-133-44-61(80(129)100-69(46(3)106)81(130)96-59(42-105)72(121)88-37-65(112)113)98-82(131)70(47(4)107)99-75(124)55(17-10-12-23-84)92-77(126)57(33-49-35-86-52-15-8-7-13-51(49)52)94-76(125)56(93-79(60)128)32-48-18-20-50(108)21-19-48/h7-8,13,15,18-21,35,45-47,53-61,69-70,86,105-108H,5-6,9-12,14,16-17,22-34,36-44,83-84H2,1-4H3,(H2,85,109)(H,87,120)(H,88,121)(H,89,111)(H,90,110)(H,91,122)(H,92,126)(H,93,128)(H,94,125)(H,95,123)(H,96,130)(H,97,127)(H,98,131)(H,99,124)(H,100,129)(H,112,113)(H,114,115)(H,116,117)(H,118,119)/t45-,46+,47+,53-,54-,55-,56-,57+,58-,59-,60-,61-,69-,70-/m0/s1. The van der Waals surface area contributed by atoms with Gasteiger partial charge >= 0.3 is 23.9 Å². The Morgan fingerprint density at radius 1 is 0.504 bits per heavy atom. The number of aromatic nitrogens is 1. The molecule has 1 aromatic heterocycles. The van der Waals surface area contributed by atoms with Gasteiger partial charge in [0.05, 0.1) is 58.0 Å². The molecule has 15 amide bonds. The van der Waals surface area contributed by atoms with Crippen molar-refractivity contribution in [3.63, 3.8) is 0 Å². The van der Waals surface area contributed by atoms with E-state index in [1.165, 1.54) is 31.2 Å². The number of aliphatic carboxylic acids is 4. The van der Waals surface area contributed by atoms with Gasteiger partial charge in [-0.2, -0.15) is 0 Å². The second-order valence-electron chi connectivity index (χ2n) is 32.0. The number of nitrogens with two attached hydrogens (primary N) is 3. The molecule has 2 aliphatic rings. The Hall–Kier alpha value is -12.0. The third-order valence-electron chi connectivity index (χ3n) is 21.2. The molecule has 3 heterocycles. The number of phenols is 1. The van der Waals surface area contributed by atoms with E-state index in [1.807, 2.05) is 5.32 Å². The van der Waals surface area contributed by atoms with Gasteiger partial charge in [-0.25, -0.2) is 0 Å². The maximum absolute atomic E-state index is 15.4. The van der Waals surface area contributed by atoms with Gasteiger partial charge in [0.25, 0.3) is 0 Å². The van der Waals surface area contributed by atoms with Crippen LogP contribution in [-0.2, 0) is 104 Å². The number of aliphatic hydroxyl groups excluding tert-OH is 3. The molecule has 3 aromatic rings. The molecule has 49 nitrogen and oxygen atoms in total. The number of primary amides is 1. The molecule has 14 atom stereocenters. The SMILES string of the molecule is CCCC[C@H](NC(=O)CNC(=O)[C@H](C)NC(=O)CN1CCN(CC(=O)O)CCN(CC(=O)O)CCN(CC(=O)O)CC1)C(=O)N[C@@H](CCCCN)C(=O)N[C@@H](CC(N)=O)C(=O)N[C@H]1CSSC[C@@H](C(=O)N[C@H](C(=O)N[C@@H](CO)C(=O)NCC(=O)O)[C@@H](C)O)NC(=O)[C@H]([C@@H](C)O)NC(=O)[C@H](CCCCN)NC(=O)[C@@H](Cc2c[nH]c3ccccc23)NC(=O)[C@H](Cc2ccc(O)cc2)NC1=O. The topological polar surface area (TPSA) is 761 Å². The summed E-state index contributed by atoms with van der Waals surface area (Å²) in [4.78, 5) is 271. The van der Waals surface area contributed by atoms with Crippen LogP contribution in [0, 0.1) is 0 Å². The Balaban J connectivity index is 1.50. The minimum Gasteiger partial charge on any atom is -0.508 e. The molecular formula is C82H126N22O27S2. The number of hydrogen-bond donors (Lipinski definition) is 26. The monoisotopic (exact) mass is 1910 g/mol. The molecule has 51 heteroatoms. The molecule has 0 spiro atoms. The number of phenolic OH excluding ortho intramolecular Hbond substituents is 1. The third-order valence-corrected chi connectivity index (χ3v) is 23.6. The van der Waals surface area contributed by atoms with Crippen molar-refractivity contribution in [3.05, 3.63) is 65.9 Å². The lowest BCUT2D eigenvalue weighted by Gasteiger charge is -2.33. The Kier molecular flexibility index (Phi) is 48.8. The van der Waals surface area contributed by atoms with Crippen molar-refractivity contribution in [3.8, 4) is 5.75 Å². The lowest BCUT2D eigenvalue weighted by Crippen LogP contribution is -2.63. The summed E-state index contributed by atoms with van der Waals surface area (Å²) in [5, 5.41) is 115. The molecule has 2 fully saturated rings. The number of carboxylic acid groups (broad SMARTS) is 4. The highest BCUT2D eigenvalue weighted by Crippen LogP contribution is 2.25. The summed E-state index contributed by atoms with van der Waals surface area (Å²) in [6.45, 7) is 1.74. The second kappa shape index (κ2) is 58.2. The molecule has 2 aliphatic heterocycles. The molecule has 2 aromatic carbocycles. The summed E-state index contributed by atoms with van der Waals surface area (Å²) >= 11 is 0. The summed E-state index contributed by atoms with van der Waals surface area (Å²) in [7, 11) is 1.33. The zero-order valence-electron chi connectivity index (χ0n) is 74.4. The third kappa shape index (κ3) is 40.6. The van der Waals surface area contributed by atoms with Gasteiger partial charge in [-0.1, -0.05) is 71.7 Å². The van der Waals surface area contributed by atoms with Crippen molar-refractivity contribution in [1.29, 1.82) is 0 Å². The molecule has 29 N–H and O–H groups in total. The van der Waals surface area contributed by atoms with Crippen molar-refractivity contribution in [2.75, 3.05) is 123 Å². The first kappa shape index (κ1) is 112. The lowest BCUT2D eigenvalue weighted by molar-refractivity contribution is -0.140. The van der Waals surface area contributed by atoms with E-state index < -0.39 is 254 Å². The van der Waals surface area contributed by atoms with Crippen molar-refractivity contribution in [1.82, 2.24) is 99.0 Å². The number of H-pyrrole nitrogens is 1. The highest BCUT2D eigenvalue weighted by atomic mass is 33.1. The number of nitrogens with zero attached hydrogens (tertiary/aromatic N) is 4. The van der Waals surface area contributed by atoms with Crippen LogP contribution in [0.1, 0.15) is 103 Å². The summed E-state index contributed by atoms with van der Waals surface area (Å²) in [6, 6.07) is -8.93. The van der Waals surface area contributed by atoms with Crippen LogP contribution in [0.15, 0.2) is 54.7 Å². The minimum absolute atomic E-state index is 0.0584. The predicted molar refractivity (Wildman–Crippen MR) is 479 cm³/mol. The normalized spacial score (nSPS) is 20.1. The van der Waals surface area contributed by atoms with Gasteiger partial charge in [0, 0.05) is 93.8 Å². The van der Waals surface area contributed by atoms with E-state index in [9.17, 15) is 108 Å². The number of amides is 15. The first-order valence-corrected chi connectivity index (χ1v) is 45.8. The van der Waals surface area contributed by atoms with Gasteiger partial charge in [0.2, 0.25) is 88.6 Å². The molecular weight excluding hydrogens is 1790 g/mol. The van der Waals surface area contributed by atoms with Crippen LogP contribution in [0.3, 0.4) is 0 Å². The maximum atomic E-state index is 15.4. The van der Waals surface area contributed by atoms with Gasteiger partial charge in [0.1, 0.15) is 84.8 Å². The number of nitrogens with one attached hydrogen (secondary N) is 15. The molecule has 738 valence electrons. The van der Waals surface area contributed by atoms with Crippen LogP contribution in [0.5, 0.6) is 5.75 Å². The average molecular weight is 1920 g/mol. The molecule has 0 radical (unpaired) electrons. The maximum Gasteiger partial charge on any atom is 0.322 e. The number of carbonyl (C=O) groups excluding carboxylic acids is 15. The quantitative estimate of drug-likeness (QED) is 0.0184. The number of aromatic amines is 1. The van der Waals surface area contributed by atoms with Crippen LogP contribution in [0.4, 0.5) is 0 Å². The fraction of sp³-hybridized carbons (Fsp3) is 0.598. The van der Waals surface area contributed by atoms with Crippen molar-refractivity contribution in [2.45, 2.75) is 189 Å². The Bertz CT molecular complexity index is 4430. The average Bonchev–Trinajstić information content (AvgIpc) is 1.68. The number of carboxylic acids is 4. The zero-order chi connectivity index (χ0) is 98.6. The fourth-order valence-corrected chi connectivity index (χ4v) is 16.2. The van der Waals surface area contributed by atoms with Crippen LogP contribution >= 0.6 is 21.6 Å². The van der Waals surface area contributed by atoms with E-state index in [1.54, 1.807) is 57.0 Å². The van der Waals surface area contributed by atoms with Crippen molar-refractivity contribution < 1.29 is 132 Å². The van der Waals surface area contributed by atoms with E-state index in [0.29, 0.717) is 50.9 Å². The van der Waals surface area contributed by atoms with E-state index in [-0.39, 0.29) is 141 Å². The number of benzene rings is 2.